The Morgan fingerprint density at radius 3 is 2.52 bits per heavy atom. The van der Waals surface area contributed by atoms with Crippen LogP contribution in [0.3, 0.4) is 0 Å². The Labute approximate surface area is 159 Å². The summed E-state index contributed by atoms with van der Waals surface area (Å²) in [5, 5.41) is 0.652. The van der Waals surface area contributed by atoms with Crippen molar-refractivity contribution >= 4 is 28.7 Å². The first-order chi connectivity index (χ1) is 13.0. The van der Waals surface area contributed by atoms with Gasteiger partial charge in [0.15, 0.2) is 0 Å². The first-order valence-electron chi connectivity index (χ1n) is 9.16. The van der Waals surface area contributed by atoms with Crippen LogP contribution in [-0.2, 0) is 6.54 Å². The summed E-state index contributed by atoms with van der Waals surface area (Å²) >= 11 is 0. The van der Waals surface area contributed by atoms with Gasteiger partial charge in [-0.3, -0.25) is 9.36 Å². The molecular weight excluding hydrogens is 336 g/mol. The zero-order valence-corrected chi connectivity index (χ0v) is 16.1. The SMILES string of the molecule is Cc1ccc2nc(C=Cc3ccc(N(C)C)cc3)n(CCCN)c(=O)c2c1. The van der Waals surface area contributed by atoms with Gasteiger partial charge in [0.25, 0.3) is 5.56 Å². The number of aryl methyl sites for hydroxylation is 1. The molecule has 2 N–H and O–H groups in total. The van der Waals surface area contributed by atoms with Gasteiger partial charge in [-0.15, -0.1) is 0 Å². The number of rotatable bonds is 6. The molecule has 0 radical (unpaired) electrons. The van der Waals surface area contributed by atoms with Crippen LogP contribution in [0.5, 0.6) is 0 Å². The molecule has 0 spiro atoms. The van der Waals surface area contributed by atoms with Crippen LogP contribution in [0.15, 0.2) is 47.3 Å². The van der Waals surface area contributed by atoms with E-state index in [0.29, 0.717) is 24.3 Å². The molecule has 0 fully saturated rings. The topological polar surface area (TPSA) is 64.2 Å². The summed E-state index contributed by atoms with van der Waals surface area (Å²) in [6.07, 6.45) is 4.62. The standard InChI is InChI=1S/C22H26N4O/c1-16-5-11-20-19(15-16)22(27)26(14-4-13-23)21(24-20)12-8-17-6-9-18(10-7-17)25(2)3/h5-12,15H,4,13-14,23H2,1-3H3. The molecule has 0 aliphatic carbocycles. The highest BCUT2D eigenvalue weighted by molar-refractivity contribution is 5.80. The van der Waals surface area contributed by atoms with Crippen LogP contribution < -0.4 is 16.2 Å². The summed E-state index contributed by atoms with van der Waals surface area (Å²) in [5.41, 5.74) is 9.62. The van der Waals surface area contributed by atoms with Crippen LogP contribution in [0.25, 0.3) is 23.1 Å². The number of hydrogen-bond acceptors (Lipinski definition) is 4. The summed E-state index contributed by atoms with van der Waals surface area (Å²) < 4.78 is 1.72. The van der Waals surface area contributed by atoms with E-state index in [-0.39, 0.29) is 5.56 Å². The van der Waals surface area contributed by atoms with E-state index in [0.717, 1.165) is 28.8 Å². The Hall–Kier alpha value is -2.92. The molecule has 2 aromatic carbocycles. The molecule has 0 atom stereocenters. The predicted octanol–water partition coefficient (Wildman–Crippen LogP) is 3.29. The van der Waals surface area contributed by atoms with Gasteiger partial charge in [0.05, 0.1) is 10.9 Å². The van der Waals surface area contributed by atoms with Crippen molar-refractivity contribution in [3.8, 4) is 0 Å². The molecule has 3 aromatic rings. The smallest absolute Gasteiger partial charge is 0.261 e. The minimum absolute atomic E-state index is 0.0141. The van der Waals surface area contributed by atoms with E-state index >= 15 is 0 Å². The van der Waals surface area contributed by atoms with Crippen molar-refractivity contribution in [2.45, 2.75) is 19.9 Å². The van der Waals surface area contributed by atoms with E-state index in [2.05, 4.69) is 29.2 Å². The molecular formula is C22H26N4O. The molecule has 27 heavy (non-hydrogen) atoms. The number of benzene rings is 2. The van der Waals surface area contributed by atoms with Crippen molar-refractivity contribution < 1.29 is 0 Å². The van der Waals surface area contributed by atoms with Crippen LogP contribution in [0.2, 0.25) is 0 Å². The van der Waals surface area contributed by atoms with Crippen molar-refractivity contribution in [2.24, 2.45) is 5.73 Å². The maximum Gasteiger partial charge on any atom is 0.261 e. The van der Waals surface area contributed by atoms with E-state index in [1.807, 2.05) is 51.4 Å². The molecule has 0 aliphatic rings. The fraction of sp³-hybridized carbons (Fsp3) is 0.273. The predicted molar refractivity (Wildman–Crippen MR) is 114 cm³/mol. The normalized spacial score (nSPS) is 11.4. The van der Waals surface area contributed by atoms with E-state index < -0.39 is 0 Å². The van der Waals surface area contributed by atoms with Crippen molar-refractivity contribution in [1.29, 1.82) is 0 Å². The average Bonchev–Trinajstić information content (AvgIpc) is 2.66. The van der Waals surface area contributed by atoms with Gasteiger partial charge in [-0.05, 0) is 55.8 Å². The van der Waals surface area contributed by atoms with Gasteiger partial charge in [0, 0.05) is 26.3 Å². The van der Waals surface area contributed by atoms with Crippen LogP contribution in [0.4, 0.5) is 5.69 Å². The minimum atomic E-state index is -0.0141. The summed E-state index contributed by atoms with van der Waals surface area (Å²) in [4.78, 5) is 19.8. The van der Waals surface area contributed by atoms with Gasteiger partial charge in [0.2, 0.25) is 0 Å². The lowest BCUT2D eigenvalue weighted by Gasteiger charge is -2.12. The van der Waals surface area contributed by atoms with Crippen LogP contribution in [0.1, 0.15) is 23.4 Å². The number of nitrogens with two attached hydrogens (primary N) is 1. The van der Waals surface area contributed by atoms with E-state index in [1.54, 1.807) is 4.57 Å². The second-order valence-electron chi connectivity index (χ2n) is 6.91. The second-order valence-corrected chi connectivity index (χ2v) is 6.91. The maximum atomic E-state index is 13.0. The number of fused-ring (bicyclic) bond motifs is 1. The Morgan fingerprint density at radius 1 is 1.11 bits per heavy atom. The van der Waals surface area contributed by atoms with Gasteiger partial charge in [-0.2, -0.15) is 0 Å². The fourth-order valence-corrected chi connectivity index (χ4v) is 3.00. The zero-order chi connectivity index (χ0) is 19.4. The summed E-state index contributed by atoms with van der Waals surface area (Å²) in [6, 6.07) is 14.0. The van der Waals surface area contributed by atoms with E-state index in [4.69, 9.17) is 10.7 Å². The fourth-order valence-electron chi connectivity index (χ4n) is 3.00. The van der Waals surface area contributed by atoms with E-state index in [1.165, 1.54) is 0 Å². The molecule has 0 amide bonds. The highest BCUT2D eigenvalue weighted by Crippen LogP contribution is 2.16. The average molecular weight is 362 g/mol. The third-order valence-electron chi connectivity index (χ3n) is 4.56. The lowest BCUT2D eigenvalue weighted by Crippen LogP contribution is -2.25. The summed E-state index contributed by atoms with van der Waals surface area (Å²) in [6.45, 7) is 3.08. The van der Waals surface area contributed by atoms with Crippen LogP contribution in [0, 0.1) is 6.92 Å². The Kier molecular flexibility index (Phi) is 5.72. The highest BCUT2D eigenvalue weighted by Gasteiger charge is 2.09. The quantitative estimate of drug-likeness (QED) is 0.731. The Bertz CT molecular complexity index is 1020. The molecule has 1 aromatic heterocycles. The molecule has 140 valence electrons. The van der Waals surface area contributed by atoms with Crippen LogP contribution in [-0.4, -0.2) is 30.2 Å². The molecule has 3 rings (SSSR count). The Balaban J connectivity index is 2.03. The number of nitrogens with zero attached hydrogens (tertiary/aromatic N) is 3. The lowest BCUT2D eigenvalue weighted by molar-refractivity contribution is 0.619. The van der Waals surface area contributed by atoms with Crippen LogP contribution >= 0.6 is 0 Å². The summed E-state index contributed by atoms with van der Waals surface area (Å²) in [5.74, 6) is 0.654. The molecule has 0 unspecified atom stereocenters. The monoisotopic (exact) mass is 362 g/mol. The first-order valence-corrected chi connectivity index (χ1v) is 9.16. The molecule has 1 heterocycles. The van der Waals surface area contributed by atoms with Crippen molar-refractivity contribution in [1.82, 2.24) is 9.55 Å². The van der Waals surface area contributed by atoms with Crippen molar-refractivity contribution in [3.05, 3.63) is 69.8 Å². The van der Waals surface area contributed by atoms with Crippen molar-refractivity contribution in [3.63, 3.8) is 0 Å². The van der Waals surface area contributed by atoms with Gasteiger partial charge in [0.1, 0.15) is 5.82 Å². The van der Waals surface area contributed by atoms with Crippen molar-refractivity contribution in [2.75, 3.05) is 25.5 Å². The van der Waals surface area contributed by atoms with E-state index in [9.17, 15) is 4.79 Å². The highest BCUT2D eigenvalue weighted by atomic mass is 16.1. The van der Waals surface area contributed by atoms with Gasteiger partial charge >= 0.3 is 0 Å². The molecule has 0 aliphatic heterocycles. The van der Waals surface area contributed by atoms with Gasteiger partial charge < -0.3 is 10.6 Å². The maximum absolute atomic E-state index is 13.0. The largest absolute Gasteiger partial charge is 0.378 e. The zero-order valence-electron chi connectivity index (χ0n) is 16.1. The molecule has 0 saturated heterocycles. The van der Waals surface area contributed by atoms with Gasteiger partial charge in [-0.1, -0.05) is 29.8 Å². The van der Waals surface area contributed by atoms with Gasteiger partial charge in [-0.25, -0.2) is 4.98 Å². The number of anilines is 1. The first kappa shape index (κ1) is 18.9. The molecule has 5 nitrogen and oxygen atoms in total. The second kappa shape index (κ2) is 8.18. The number of aromatic nitrogens is 2. The third-order valence-corrected chi connectivity index (χ3v) is 4.56. The molecule has 0 bridgehead atoms. The lowest BCUT2D eigenvalue weighted by atomic mass is 10.1. The number of hydrogen-bond donors (Lipinski definition) is 1. The third kappa shape index (κ3) is 4.26. The molecule has 5 heteroatoms. The summed E-state index contributed by atoms with van der Waals surface area (Å²) in [7, 11) is 4.03. The molecule has 0 saturated carbocycles. The Morgan fingerprint density at radius 2 is 1.85 bits per heavy atom. The minimum Gasteiger partial charge on any atom is -0.378 e.